The summed E-state index contributed by atoms with van der Waals surface area (Å²) in [5.41, 5.74) is 5.85. The fourth-order valence-electron chi connectivity index (χ4n) is 4.89. The Morgan fingerprint density at radius 2 is 1.70 bits per heavy atom. The molecule has 30 heavy (non-hydrogen) atoms. The molecular weight excluding hydrogens is 440 g/mol. The molecule has 0 amide bonds. The molecule has 2 aromatic heterocycles. The summed E-state index contributed by atoms with van der Waals surface area (Å²) < 4.78 is 3.35. The molecule has 0 atom stereocenters. The van der Waals surface area contributed by atoms with Crippen LogP contribution in [0.5, 0.6) is 0 Å². The number of fused-ring (bicyclic) bond motifs is 1. The highest BCUT2D eigenvalue weighted by molar-refractivity contribution is 9.10. The van der Waals surface area contributed by atoms with E-state index in [4.69, 9.17) is 15.1 Å². The Morgan fingerprint density at radius 3 is 2.33 bits per heavy atom. The molecule has 3 heterocycles. The zero-order valence-corrected chi connectivity index (χ0v) is 20.0. The Bertz CT molecular complexity index is 1040. The number of rotatable bonds is 5. The summed E-state index contributed by atoms with van der Waals surface area (Å²) in [6, 6.07) is 4.32. The molecule has 0 aliphatic carbocycles. The Morgan fingerprint density at radius 1 is 1.03 bits per heavy atom. The smallest absolute Gasteiger partial charge is 0.150 e. The van der Waals surface area contributed by atoms with Crippen LogP contribution in [0.2, 0.25) is 0 Å². The highest BCUT2D eigenvalue weighted by Gasteiger charge is 2.24. The van der Waals surface area contributed by atoms with Crippen molar-refractivity contribution in [3.05, 3.63) is 45.3 Å². The van der Waals surface area contributed by atoms with Gasteiger partial charge in [0.1, 0.15) is 11.6 Å². The van der Waals surface area contributed by atoms with Gasteiger partial charge in [0, 0.05) is 30.4 Å². The molecule has 1 saturated heterocycles. The van der Waals surface area contributed by atoms with Crippen molar-refractivity contribution in [3.8, 4) is 5.69 Å². The van der Waals surface area contributed by atoms with Gasteiger partial charge >= 0.3 is 0 Å². The van der Waals surface area contributed by atoms with E-state index >= 15 is 0 Å². The second-order valence-corrected chi connectivity index (χ2v) is 9.58. The quantitative estimate of drug-likeness (QED) is 0.541. The molecule has 6 heteroatoms. The fourth-order valence-corrected chi connectivity index (χ4v) is 5.57. The molecule has 0 radical (unpaired) electrons. The van der Waals surface area contributed by atoms with Crippen molar-refractivity contribution in [2.75, 3.05) is 24.6 Å². The normalized spacial score (nSPS) is 15.3. The van der Waals surface area contributed by atoms with Crippen molar-refractivity contribution in [2.45, 2.75) is 53.4 Å². The van der Waals surface area contributed by atoms with Crippen LogP contribution in [0.1, 0.15) is 48.2 Å². The SMILES string of the molecule is Cc1nc(N2CCC(CCCO)CC2)c2c(C)cn(-c3c(C)cc(Br)cc3C)c2n1. The summed E-state index contributed by atoms with van der Waals surface area (Å²) in [6.07, 6.45) is 6.57. The summed E-state index contributed by atoms with van der Waals surface area (Å²) in [7, 11) is 0. The monoisotopic (exact) mass is 470 g/mol. The van der Waals surface area contributed by atoms with Crippen LogP contribution in [-0.2, 0) is 0 Å². The number of halogens is 1. The predicted molar refractivity (Wildman–Crippen MR) is 127 cm³/mol. The molecule has 0 bridgehead atoms. The van der Waals surface area contributed by atoms with Crippen LogP contribution in [0.15, 0.2) is 22.8 Å². The average Bonchev–Trinajstić information content (AvgIpc) is 3.01. The van der Waals surface area contributed by atoms with Crippen LogP contribution in [0.4, 0.5) is 5.82 Å². The van der Waals surface area contributed by atoms with Crippen LogP contribution in [-0.4, -0.2) is 39.3 Å². The lowest BCUT2D eigenvalue weighted by Crippen LogP contribution is -2.34. The third-order valence-corrected chi connectivity index (χ3v) is 6.77. The average molecular weight is 471 g/mol. The van der Waals surface area contributed by atoms with Gasteiger partial charge in [-0.3, -0.25) is 0 Å². The van der Waals surface area contributed by atoms with Crippen molar-refractivity contribution < 1.29 is 5.11 Å². The number of aryl methyl sites for hydroxylation is 4. The zero-order chi connectivity index (χ0) is 21.4. The molecular formula is C24H31BrN4O. The lowest BCUT2D eigenvalue weighted by molar-refractivity contribution is 0.261. The van der Waals surface area contributed by atoms with Crippen molar-refractivity contribution in [1.29, 1.82) is 0 Å². The van der Waals surface area contributed by atoms with Gasteiger partial charge in [0.25, 0.3) is 0 Å². The van der Waals surface area contributed by atoms with Crippen molar-refractivity contribution >= 4 is 32.8 Å². The second-order valence-electron chi connectivity index (χ2n) is 8.66. The minimum absolute atomic E-state index is 0.299. The first-order valence-corrected chi connectivity index (χ1v) is 11.7. The maximum absolute atomic E-state index is 9.12. The van der Waals surface area contributed by atoms with E-state index in [-0.39, 0.29) is 0 Å². The summed E-state index contributed by atoms with van der Waals surface area (Å²) in [5, 5.41) is 10.3. The third kappa shape index (κ3) is 4.00. The van der Waals surface area contributed by atoms with E-state index in [9.17, 15) is 0 Å². The topological polar surface area (TPSA) is 54.2 Å². The van der Waals surface area contributed by atoms with Gasteiger partial charge in [0.05, 0.1) is 11.1 Å². The first kappa shape index (κ1) is 21.3. The molecule has 1 aliphatic heterocycles. The summed E-state index contributed by atoms with van der Waals surface area (Å²) in [5.74, 6) is 2.60. The molecule has 5 nitrogen and oxygen atoms in total. The summed E-state index contributed by atoms with van der Waals surface area (Å²) in [4.78, 5) is 12.2. The minimum atomic E-state index is 0.299. The number of aliphatic hydroxyl groups excluding tert-OH is 1. The van der Waals surface area contributed by atoms with E-state index in [2.05, 4.69) is 64.5 Å². The van der Waals surface area contributed by atoms with Crippen molar-refractivity contribution in [3.63, 3.8) is 0 Å². The maximum Gasteiger partial charge on any atom is 0.150 e. The Balaban J connectivity index is 1.76. The number of aromatic nitrogens is 3. The van der Waals surface area contributed by atoms with Gasteiger partial charge in [-0.25, -0.2) is 9.97 Å². The van der Waals surface area contributed by atoms with E-state index in [1.165, 1.54) is 22.4 Å². The maximum atomic E-state index is 9.12. The van der Waals surface area contributed by atoms with Crippen LogP contribution >= 0.6 is 15.9 Å². The molecule has 1 aromatic carbocycles. The van der Waals surface area contributed by atoms with Gasteiger partial charge in [0.15, 0.2) is 5.65 Å². The number of aliphatic hydroxyl groups is 1. The van der Waals surface area contributed by atoms with E-state index in [0.29, 0.717) is 12.5 Å². The van der Waals surface area contributed by atoms with Crippen LogP contribution in [0.3, 0.4) is 0 Å². The molecule has 160 valence electrons. The van der Waals surface area contributed by atoms with Gasteiger partial charge in [-0.1, -0.05) is 15.9 Å². The van der Waals surface area contributed by atoms with Gasteiger partial charge in [0.2, 0.25) is 0 Å². The van der Waals surface area contributed by atoms with Crippen molar-refractivity contribution in [2.24, 2.45) is 5.92 Å². The Labute approximate surface area is 187 Å². The van der Waals surface area contributed by atoms with Gasteiger partial charge in [-0.15, -0.1) is 0 Å². The molecule has 1 fully saturated rings. The highest BCUT2D eigenvalue weighted by Crippen LogP contribution is 2.35. The van der Waals surface area contributed by atoms with Gasteiger partial charge in [-0.05, 0) is 88.1 Å². The number of anilines is 1. The zero-order valence-electron chi connectivity index (χ0n) is 18.4. The standard InChI is InChI=1S/C24H31BrN4O/c1-15-12-20(25)13-16(2)22(15)29-14-17(3)21-23(26-18(4)27-24(21)29)28-9-7-19(8-10-28)6-5-11-30/h12-14,19,30H,5-11H2,1-4H3. The van der Waals surface area contributed by atoms with E-state index in [1.54, 1.807) is 0 Å². The molecule has 4 rings (SSSR count). The Hall–Kier alpha value is -1.92. The number of hydrogen-bond donors (Lipinski definition) is 1. The van der Waals surface area contributed by atoms with Gasteiger partial charge < -0.3 is 14.6 Å². The van der Waals surface area contributed by atoms with E-state index in [0.717, 1.165) is 65.9 Å². The van der Waals surface area contributed by atoms with Crippen LogP contribution in [0, 0.1) is 33.6 Å². The summed E-state index contributed by atoms with van der Waals surface area (Å²) in [6.45, 7) is 10.8. The van der Waals surface area contributed by atoms with Gasteiger partial charge in [-0.2, -0.15) is 0 Å². The van der Waals surface area contributed by atoms with Crippen LogP contribution in [0.25, 0.3) is 16.7 Å². The molecule has 3 aromatic rings. The number of benzene rings is 1. The number of piperidine rings is 1. The molecule has 1 N–H and O–H groups in total. The fraction of sp³-hybridized carbons (Fsp3) is 0.500. The second kappa shape index (κ2) is 8.67. The highest BCUT2D eigenvalue weighted by atomic mass is 79.9. The lowest BCUT2D eigenvalue weighted by atomic mass is 9.92. The predicted octanol–water partition coefficient (Wildman–Crippen LogP) is 5.41. The molecule has 0 unspecified atom stereocenters. The third-order valence-electron chi connectivity index (χ3n) is 6.31. The first-order valence-electron chi connectivity index (χ1n) is 10.9. The first-order chi connectivity index (χ1) is 14.4. The number of hydrogen-bond acceptors (Lipinski definition) is 4. The van der Waals surface area contributed by atoms with Crippen LogP contribution < -0.4 is 4.90 Å². The Kier molecular flexibility index (Phi) is 6.16. The largest absolute Gasteiger partial charge is 0.396 e. The molecule has 1 aliphatic rings. The number of nitrogens with zero attached hydrogens (tertiary/aromatic N) is 4. The van der Waals surface area contributed by atoms with E-state index in [1.807, 2.05) is 6.92 Å². The molecule has 0 spiro atoms. The minimum Gasteiger partial charge on any atom is -0.396 e. The summed E-state index contributed by atoms with van der Waals surface area (Å²) >= 11 is 3.61. The van der Waals surface area contributed by atoms with E-state index < -0.39 is 0 Å². The van der Waals surface area contributed by atoms with Crippen molar-refractivity contribution in [1.82, 2.24) is 14.5 Å². The lowest BCUT2D eigenvalue weighted by Gasteiger charge is -2.33. The molecule has 0 saturated carbocycles.